The van der Waals surface area contributed by atoms with Crippen LogP contribution in [0.4, 0.5) is 0 Å². The van der Waals surface area contributed by atoms with E-state index in [9.17, 15) is 0 Å². The van der Waals surface area contributed by atoms with Gasteiger partial charge in [0.1, 0.15) is 5.01 Å². The van der Waals surface area contributed by atoms with Gasteiger partial charge in [0.05, 0.1) is 5.69 Å². The van der Waals surface area contributed by atoms with E-state index in [0.717, 1.165) is 24.6 Å². The van der Waals surface area contributed by atoms with Crippen molar-refractivity contribution in [2.75, 3.05) is 13.1 Å². The zero-order chi connectivity index (χ0) is 13.8. The third kappa shape index (κ3) is 4.04. The molecule has 1 unspecified atom stereocenters. The standard InChI is InChI=1S/C16H21N3S.ClH/c17-10-15-8-4-5-9-19(15)11-14-12-20-16(18-14)13-6-2-1-3-7-13;/h1-3,6-7,12,15H,4-5,8-11,17H2;1H. The van der Waals surface area contributed by atoms with E-state index < -0.39 is 0 Å². The summed E-state index contributed by atoms with van der Waals surface area (Å²) in [5, 5.41) is 3.30. The quantitative estimate of drug-likeness (QED) is 0.935. The van der Waals surface area contributed by atoms with Crippen LogP contribution >= 0.6 is 23.7 Å². The molecule has 1 aromatic heterocycles. The average Bonchev–Trinajstić information content (AvgIpc) is 2.97. The number of piperidine rings is 1. The molecule has 1 aliphatic rings. The third-order valence-corrected chi connectivity index (χ3v) is 4.90. The lowest BCUT2D eigenvalue weighted by molar-refractivity contribution is 0.143. The number of nitrogens with zero attached hydrogens (tertiary/aromatic N) is 2. The van der Waals surface area contributed by atoms with E-state index in [1.165, 1.54) is 30.5 Å². The predicted molar refractivity (Wildman–Crippen MR) is 91.9 cm³/mol. The Labute approximate surface area is 136 Å². The molecule has 3 rings (SSSR count). The van der Waals surface area contributed by atoms with E-state index in [1.807, 2.05) is 6.07 Å². The SMILES string of the molecule is Cl.NCC1CCCCN1Cc1csc(-c2ccccc2)n1. The maximum Gasteiger partial charge on any atom is 0.123 e. The summed E-state index contributed by atoms with van der Waals surface area (Å²) in [6.07, 6.45) is 3.82. The van der Waals surface area contributed by atoms with E-state index in [0.29, 0.717) is 6.04 Å². The van der Waals surface area contributed by atoms with Crippen LogP contribution in [0.2, 0.25) is 0 Å². The number of benzene rings is 1. The molecule has 5 heteroatoms. The van der Waals surface area contributed by atoms with Gasteiger partial charge in [-0.3, -0.25) is 4.90 Å². The van der Waals surface area contributed by atoms with Crippen molar-refractivity contribution in [3.8, 4) is 10.6 Å². The minimum Gasteiger partial charge on any atom is -0.329 e. The van der Waals surface area contributed by atoms with Gasteiger partial charge < -0.3 is 5.73 Å². The first kappa shape index (κ1) is 16.4. The molecule has 1 atom stereocenters. The second-order valence-electron chi connectivity index (χ2n) is 5.37. The molecule has 1 aromatic carbocycles. The van der Waals surface area contributed by atoms with Crippen molar-refractivity contribution < 1.29 is 0 Å². The first-order valence-corrected chi connectivity index (χ1v) is 8.19. The summed E-state index contributed by atoms with van der Waals surface area (Å²) in [4.78, 5) is 7.27. The Morgan fingerprint density at radius 1 is 1.24 bits per heavy atom. The molecule has 114 valence electrons. The van der Waals surface area contributed by atoms with Crippen molar-refractivity contribution >= 4 is 23.7 Å². The molecule has 21 heavy (non-hydrogen) atoms. The van der Waals surface area contributed by atoms with Crippen LogP contribution in [0.1, 0.15) is 25.0 Å². The second kappa shape index (κ2) is 7.90. The van der Waals surface area contributed by atoms with Gasteiger partial charge in [-0.15, -0.1) is 23.7 Å². The fourth-order valence-electron chi connectivity index (χ4n) is 2.84. The van der Waals surface area contributed by atoms with Crippen molar-refractivity contribution in [3.05, 3.63) is 41.4 Å². The number of thiazole rings is 1. The highest BCUT2D eigenvalue weighted by Crippen LogP contribution is 2.25. The van der Waals surface area contributed by atoms with Crippen LogP contribution in [0.15, 0.2) is 35.7 Å². The van der Waals surface area contributed by atoms with Crippen LogP contribution in [-0.2, 0) is 6.54 Å². The number of hydrogen-bond donors (Lipinski definition) is 1. The summed E-state index contributed by atoms with van der Waals surface area (Å²) in [6.45, 7) is 2.85. The largest absolute Gasteiger partial charge is 0.329 e. The highest BCUT2D eigenvalue weighted by Gasteiger charge is 2.21. The molecule has 0 spiro atoms. The lowest BCUT2D eigenvalue weighted by Crippen LogP contribution is -2.43. The maximum atomic E-state index is 5.88. The van der Waals surface area contributed by atoms with E-state index in [1.54, 1.807) is 11.3 Å². The molecule has 2 heterocycles. The van der Waals surface area contributed by atoms with Gasteiger partial charge in [-0.1, -0.05) is 36.8 Å². The van der Waals surface area contributed by atoms with Crippen molar-refractivity contribution in [2.45, 2.75) is 31.8 Å². The van der Waals surface area contributed by atoms with Crippen LogP contribution in [0.5, 0.6) is 0 Å². The Bertz CT molecular complexity index is 543. The summed E-state index contributed by atoms with van der Waals surface area (Å²) in [6, 6.07) is 10.9. The van der Waals surface area contributed by atoms with Crippen molar-refractivity contribution in [1.82, 2.24) is 9.88 Å². The van der Waals surface area contributed by atoms with Gasteiger partial charge >= 0.3 is 0 Å². The topological polar surface area (TPSA) is 42.1 Å². The van der Waals surface area contributed by atoms with Gasteiger partial charge in [-0.05, 0) is 19.4 Å². The fraction of sp³-hybridized carbons (Fsp3) is 0.438. The molecule has 2 aromatic rings. The normalized spacial score (nSPS) is 19.2. The molecular weight excluding hydrogens is 302 g/mol. The smallest absolute Gasteiger partial charge is 0.123 e. The molecule has 0 bridgehead atoms. The van der Waals surface area contributed by atoms with Gasteiger partial charge in [0, 0.05) is 30.1 Å². The Hall–Kier alpha value is -0.940. The average molecular weight is 324 g/mol. The first-order chi connectivity index (χ1) is 9.86. The molecule has 1 aliphatic heterocycles. The van der Waals surface area contributed by atoms with E-state index >= 15 is 0 Å². The van der Waals surface area contributed by atoms with E-state index in [4.69, 9.17) is 10.7 Å². The molecule has 0 radical (unpaired) electrons. The van der Waals surface area contributed by atoms with Gasteiger partial charge in [0.15, 0.2) is 0 Å². The highest BCUT2D eigenvalue weighted by molar-refractivity contribution is 7.13. The molecule has 0 aliphatic carbocycles. The number of aromatic nitrogens is 1. The first-order valence-electron chi connectivity index (χ1n) is 7.31. The van der Waals surface area contributed by atoms with Crippen LogP contribution in [0.3, 0.4) is 0 Å². The van der Waals surface area contributed by atoms with Crippen LogP contribution in [0, 0.1) is 0 Å². The number of hydrogen-bond acceptors (Lipinski definition) is 4. The summed E-state index contributed by atoms with van der Waals surface area (Å²) >= 11 is 1.73. The Morgan fingerprint density at radius 2 is 2.05 bits per heavy atom. The summed E-state index contributed by atoms with van der Waals surface area (Å²) in [7, 11) is 0. The Balaban J connectivity index is 0.00000161. The van der Waals surface area contributed by atoms with E-state index in [2.05, 4.69) is 34.5 Å². The van der Waals surface area contributed by atoms with Gasteiger partial charge in [-0.25, -0.2) is 4.98 Å². The van der Waals surface area contributed by atoms with Crippen LogP contribution in [0.25, 0.3) is 10.6 Å². The molecular formula is C16H22ClN3S. The van der Waals surface area contributed by atoms with Gasteiger partial charge in [0.2, 0.25) is 0 Å². The maximum absolute atomic E-state index is 5.88. The molecule has 1 saturated heterocycles. The molecule has 3 nitrogen and oxygen atoms in total. The molecule has 2 N–H and O–H groups in total. The molecule has 1 fully saturated rings. The molecule has 0 amide bonds. The lowest BCUT2D eigenvalue weighted by atomic mass is 10.0. The van der Waals surface area contributed by atoms with Crippen LogP contribution in [-0.4, -0.2) is 29.0 Å². The summed E-state index contributed by atoms with van der Waals surface area (Å²) < 4.78 is 0. The van der Waals surface area contributed by atoms with Crippen LogP contribution < -0.4 is 5.73 Å². The fourth-order valence-corrected chi connectivity index (χ4v) is 3.65. The van der Waals surface area contributed by atoms with E-state index in [-0.39, 0.29) is 12.4 Å². The highest BCUT2D eigenvalue weighted by atomic mass is 35.5. The van der Waals surface area contributed by atoms with Crippen molar-refractivity contribution in [2.24, 2.45) is 5.73 Å². The minimum absolute atomic E-state index is 0. The lowest BCUT2D eigenvalue weighted by Gasteiger charge is -2.34. The Kier molecular flexibility index (Phi) is 6.18. The zero-order valence-corrected chi connectivity index (χ0v) is 13.7. The minimum atomic E-state index is 0. The number of halogens is 1. The third-order valence-electron chi connectivity index (χ3n) is 3.96. The summed E-state index contributed by atoms with van der Waals surface area (Å²) in [5.74, 6) is 0. The predicted octanol–water partition coefficient (Wildman–Crippen LogP) is 3.55. The molecule has 0 saturated carbocycles. The number of nitrogens with two attached hydrogens (primary N) is 1. The number of likely N-dealkylation sites (tertiary alicyclic amines) is 1. The second-order valence-corrected chi connectivity index (χ2v) is 6.22. The van der Waals surface area contributed by atoms with Gasteiger partial charge in [-0.2, -0.15) is 0 Å². The summed E-state index contributed by atoms with van der Waals surface area (Å²) in [5.41, 5.74) is 8.27. The zero-order valence-electron chi connectivity index (χ0n) is 12.1. The number of rotatable bonds is 4. The van der Waals surface area contributed by atoms with Crippen molar-refractivity contribution in [3.63, 3.8) is 0 Å². The van der Waals surface area contributed by atoms with Gasteiger partial charge in [0.25, 0.3) is 0 Å². The van der Waals surface area contributed by atoms with Crippen molar-refractivity contribution in [1.29, 1.82) is 0 Å². The monoisotopic (exact) mass is 323 g/mol. The Morgan fingerprint density at radius 3 is 2.81 bits per heavy atom.